The van der Waals surface area contributed by atoms with Gasteiger partial charge in [0.15, 0.2) is 0 Å². The van der Waals surface area contributed by atoms with Crippen molar-refractivity contribution in [3.63, 3.8) is 0 Å². The molecule has 1 aromatic rings. The van der Waals surface area contributed by atoms with Crippen LogP contribution in [0.1, 0.15) is 11.1 Å². The largest absolute Gasteiger partial charge is 0.467 e. The predicted molar refractivity (Wildman–Crippen MR) is 88.4 cm³/mol. The zero-order valence-electron chi connectivity index (χ0n) is 12.3. The van der Waals surface area contributed by atoms with Gasteiger partial charge in [-0.15, -0.1) is 0 Å². The van der Waals surface area contributed by atoms with E-state index in [4.69, 9.17) is 21.1 Å². The van der Waals surface area contributed by atoms with Gasteiger partial charge < -0.3 is 14.2 Å². The van der Waals surface area contributed by atoms with Crippen molar-refractivity contribution in [1.29, 1.82) is 0 Å². The Labute approximate surface area is 142 Å². The Morgan fingerprint density at radius 2 is 2.09 bits per heavy atom. The molecule has 0 spiro atoms. The minimum atomic E-state index is -0.828. The molecule has 0 saturated heterocycles. The lowest BCUT2D eigenvalue weighted by atomic mass is 10.1. The fourth-order valence-corrected chi connectivity index (χ4v) is 3.28. The van der Waals surface area contributed by atoms with Crippen LogP contribution in [0.3, 0.4) is 0 Å². The Morgan fingerprint density at radius 3 is 2.73 bits per heavy atom. The van der Waals surface area contributed by atoms with E-state index < -0.39 is 11.4 Å². The number of benzene rings is 1. The summed E-state index contributed by atoms with van der Waals surface area (Å²) in [5.41, 5.74) is 1.08. The van der Waals surface area contributed by atoms with E-state index in [-0.39, 0.29) is 13.2 Å². The molecule has 0 bridgehead atoms. The highest BCUT2D eigenvalue weighted by molar-refractivity contribution is 8.76. The van der Waals surface area contributed by atoms with Crippen molar-refractivity contribution in [2.24, 2.45) is 0 Å². The molecule has 0 amide bonds. The fourth-order valence-electron chi connectivity index (χ4n) is 1.63. The van der Waals surface area contributed by atoms with Crippen molar-refractivity contribution in [2.75, 3.05) is 26.6 Å². The van der Waals surface area contributed by atoms with Crippen molar-refractivity contribution in [1.82, 2.24) is 0 Å². The van der Waals surface area contributed by atoms with Crippen molar-refractivity contribution in [2.45, 2.75) is 17.9 Å². The smallest absolute Gasteiger partial charge is 0.404 e. The molecule has 5 nitrogen and oxygen atoms in total. The van der Waals surface area contributed by atoms with E-state index in [0.29, 0.717) is 13.0 Å². The lowest BCUT2D eigenvalue weighted by molar-refractivity contribution is -0.145. The minimum Gasteiger partial charge on any atom is -0.467 e. The first-order valence-corrected chi connectivity index (χ1v) is 9.29. The molecule has 0 aliphatic rings. The van der Waals surface area contributed by atoms with Crippen LogP contribution in [-0.2, 0) is 32.0 Å². The van der Waals surface area contributed by atoms with Gasteiger partial charge in [-0.25, -0.2) is 9.59 Å². The highest BCUT2D eigenvalue weighted by Gasteiger charge is 2.07. The second-order valence-corrected chi connectivity index (χ2v) is 6.85. The quantitative estimate of drug-likeness (QED) is 0.287. The first-order chi connectivity index (χ1) is 10.6. The van der Waals surface area contributed by atoms with Crippen LogP contribution in [0, 0.1) is 0 Å². The van der Waals surface area contributed by atoms with Gasteiger partial charge in [0.1, 0.15) is 13.2 Å². The highest BCUT2D eigenvalue weighted by Crippen LogP contribution is 2.32. The van der Waals surface area contributed by atoms with Gasteiger partial charge in [0.05, 0.1) is 13.7 Å². The molecule has 0 unspecified atom stereocenters. The molecular formula is C14H17ClO5S2. The van der Waals surface area contributed by atoms with Gasteiger partial charge >= 0.3 is 11.4 Å². The molecule has 0 aliphatic heterocycles. The van der Waals surface area contributed by atoms with E-state index in [9.17, 15) is 9.59 Å². The van der Waals surface area contributed by atoms with Crippen LogP contribution in [0.5, 0.6) is 0 Å². The number of carbonyl (C=O) groups excluding carboxylic acids is 2. The molecule has 0 N–H and O–H groups in total. The second-order valence-electron chi connectivity index (χ2n) is 4.10. The van der Waals surface area contributed by atoms with Gasteiger partial charge in [0, 0.05) is 16.5 Å². The maximum atomic E-state index is 11.0. The molecule has 1 rings (SSSR count). The molecule has 1 aromatic carbocycles. The first-order valence-electron chi connectivity index (χ1n) is 6.36. The lowest BCUT2D eigenvalue weighted by Crippen LogP contribution is -2.12. The molecule has 0 atom stereocenters. The Balaban J connectivity index is 2.64. The molecule has 0 fully saturated rings. The number of rotatable bonds is 9. The van der Waals surface area contributed by atoms with Gasteiger partial charge in [0.2, 0.25) is 0 Å². The van der Waals surface area contributed by atoms with Gasteiger partial charge in [-0.1, -0.05) is 33.7 Å². The predicted octanol–water partition coefficient (Wildman–Crippen LogP) is 3.66. The number of carbonyl (C=O) groups is 2. The highest BCUT2D eigenvalue weighted by atomic mass is 35.5. The maximum absolute atomic E-state index is 11.0. The Morgan fingerprint density at radius 1 is 1.32 bits per heavy atom. The standard InChI is InChI=1S/C14H17ClO5S2/c1-18-13(16)9-19-6-5-11-7-10(8-20-14(15)17)3-4-12(11)22-21-2/h3-4,7H,5-6,8-9H2,1-2H3. The summed E-state index contributed by atoms with van der Waals surface area (Å²) in [5, 5.41) is 0. The summed E-state index contributed by atoms with van der Waals surface area (Å²) in [7, 11) is 4.60. The topological polar surface area (TPSA) is 61.8 Å². The van der Waals surface area contributed by atoms with Crippen LogP contribution >= 0.6 is 33.2 Å². The molecule has 0 saturated carbocycles. The molecule has 0 aliphatic carbocycles. The van der Waals surface area contributed by atoms with Crippen LogP contribution in [0.4, 0.5) is 4.79 Å². The number of esters is 1. The molecule has 0 aromatic heterocycles. The average Bonchev–Trinajstić information content (AvgIpc) is 2.51. The Hall–Kier alpha value is -0.890. The Kier molecular flexibility index (Phi) is 9.38. The zero-order valence-corrected chi connectivity index (χ0v) is 14.7. The van der Waals surface area contributed by atoms with E-state index in [1.165, 1.54) is 7.11 Å². The fraction of sp³-hybridized carbons (Fsp3) is 0.429. The SMILES string of the molecule is COC(=O)COCCc1cc(COC(=O)Cl)ccc1SSC. The van der Waals surface area contributed by atoms with E-state index in [1.54, 1.807) is 21.6 Å². The third kappa shape index (κ3) is 7.40. The summed E-state index contributed by atoms with van der Waals surface area (Å²) in [6.07, 6.45) is 2.63. The van der Waals surface area contributed by atoms with Crippen molar-refractivity contribution in [3.05, 3.63) is 29.3 Å². The third-order valence-electron chi connectivity index (χ3n) is 2.61. The van der Waals surface area contributed by atoms with E-state index in [0.717, 1.165) is 16.0 Å². The van der Waals surface area contributed by atoms with Crippen LogP contribution in [-0.4, -0.2) is 38.0 Å². The van der Waals surface area contributed by atoms with E-state index in [2.05, 4.69) is 4.74 Å². The third-order valence-corrected chi connectivity index (χ3v) is 4.51. The van der Waals surface area contributed by atoms with Crippen LogP contribution < -0.4 is 0 Å². The molecule has 122 valence electrons. The summed E-state index contributed by atoms with van der Waals surface area (Å²) < 4.78 is 14.5. The molecule has 22 heavy (non-hydrogen) atoms. The molecule has 0 radical (unpaired) electrons. The van der Waals surface area contributed by atoms with Crippen molar-refractivity contribution >= 4 is 44.6 Å². The summed E-state index contributed by atoms with van der Waals surface area (Å²) in [6.45, 7) is 0.462. The normalized spacial score (nSPS) is 10.3. The molecule has 0 heterocycles. The summed E-state index contributed by atoms with van der Waals surface area (Å²) in [4.78, 5) is 22.7. The number of methoxy groups -OCH3 is 1. The summed E-state index contributed by atoms with van der Waals surface area (Å²) in [5.74, 6) is -0.401. The van der Waals surface area contributed by atoms with Gasteiger partial charge in [-0.3, -0.25) is 0 Å². The van der Waals surface area contributed by atoms with Crippen LogP contribution in [0.25, 0.3) is 0 Å². The van der Waals surface area contributed by atoms with Crippen LogP contribution in [0.15, 0.2) is 23.1 Å². The van der Waals surface area contributed by atoms with Gasteiger partial charge in [-0.05, 0) is 29.9 Å². The summed E-state index contributed by atoms with van der Waals surface area (Å²) in [6, 6.07) is 5.80. The maximum Gasteiger partial charge on any atom is 0.404 e. The minimum absolute atomic E-state index is 0.0644. The van der Waals surface area contributed by atoms with E-state index in [1.807, 2.05) is 24.5 Å². The number of ether oxygens (including phenoxy) is 3. The number of hydrogen-bond acceptors (Lipinski definition) is 7. The zero-order chi connectivity index (χ0) is 16.4. The van der Waals surface area contributed by atoms with E-state index >= 15 is 0 Å². The number of halogens is 1. The molecular weight excluding hydrogens is 348 g/mol. The van der Waals surface area contributed by atoms with Crippen molar-refractivity contribution < 1.29 is 23.8 Å². The number of hydrogen-bond donors (Lipinski definition) is 0. The molecule has 8 heteroatoms. The average molecular weight is 365 g/mol. The first kappa shape index (κ1) is 19.2. The van der Waals surface area contributed by atoms with Crippen molar-refractivity contribution in [3.8, 4) is 0 Å². The summed E-state index contributed by atoms with van der Waals surface area (Å²) >= 11 is 5.16. The Bertz CT molecular complexity index is 510. The van der Waals surface area contributed by atoms with Crippen LogP contribution in [0.2, 0.25) is 0 Å². The monoisotopic (exact) mass is 364 g/mol. The lowest BCUT2D eigenvalue weighted by Gasteiger charge is -2.11. The van der Waals surface area contributed by atoms with Gasteiger partial charge in [0.25, 0.3) is 0 Å². The van der Waals surface area contributed by atoms with Gasteiger partial charge in [-0.2, -0.15) is 0 Å². The second kappa shape index (κ2) is 10.8.